The minimum Gasteiger partial charge on any atom is -0.353 e. The molecule has 1 aromatic carbocycles. The van der Waals surface area contributed by atoms with Crippen molar-refractivity contribution >= 4 is 40.3 Å². The van der Waals surface area contributed by atoms with E-state index in [1.54, 1.807) is 4.90 Å². The average Bonchev–Trinajstić information content (AvgIpc) is 3.15. The highest BCUT2D eigenvalue weighted by Crippen LogP contribution is 2.18. The van der Waals surface area contributed by atoms with Crippen molar-refractivity contribution in [1.82, 2.24) is 20.9 Å². The third-order valence-corrected chi connectivity index (χ3v) is 5.58. The smallest absolute Gasteiger partial charge is 0.318 e. The van der Waals surface area contributed by atoms with Gasteiger partial charge in [0, 0.05) is 30.1 Å². The predicted molar refractivity (Wildman–Crippen MR) is 112 cm³/mol. The van der Waals surface area contributed by atoms with E-state index in [9.17, 15) is 9.59 Å². The molecule has 0 bridgehead atoms. The molecule has 8 heteroatoms. The number of benzene rings is 1. The molecule has 2 saturated heterocycles. The first-order valence-electron chi connectivity index (χ1n) is 9.43. The van der Waals surface area contributed by atoms with Crippen molar-refractivity contribution in [2.24, 2.45) is 0 Å². The largest absolute Gasteiger partial charge is 0.353 e. The van der Waals surface area contributed by atoms with Gasteiger partial charge in [0.05, 0.1) is 0 Å². The predicted octanol–water partition coefficient (Wildman–Crippen LogP) is 2.80. The molecule has 3 rings (SSSR count). The summed E-state index contributed by atoms with van der Waals surface area (Å²) < 4.78 is 0.985. The van der Waals surface area contributed by atoms with Crippen LogP contribution in [0.3, 0.4) is 0 Å². The number of urea groups is 1. The summed E-state index contributed by atoms with van der Waals surface area (Å²) >= 11 is 3.43. The Kier molecular flexibility index (Phi) is 8.86. The van der Waals surface area contributed by atoms with Gasteiger partial charge in [-0.15, -0.1) is 12.4 Å². The second-order valence-electron chi connectivity index (χ2n) is 7.03. The van der Waals surface area contributed by atoms with Crippen LogP contribution in [0, 0.1) is 0 Å². The monoisotopic (exact) mass is 458 g/mol. The van der Waals surface area contributed by atoms with Crippen LogP contribution in [-0.2, 0) is 11.3 Å². The van der Waals surface area contributed by atoms with Crippen LogP contribution in [0.4, 0.5) is 4.79 Å². The molecule has 2 aliphatic heterocycles. The van der Waals surface area contributed by atoms with Crippen LogP contribution in [0.1, 0.15) is 37.7 Å². The highest BCUT2D eigenvalue weighted by atomic mass is 79.9. The molecule has 2 heterocycles. The van der Waals surface area contributed by atoms with Crippen molar-refractivity contribution < 1.29 is 9.59 Å². The number of amides is 3. The number of hydrogen-bond acceptors (Lipinski definition) is 3. The van der Waals surface area contributed by atoms with E-state index in [0.717, 1.165) is 35.8 Å². The van der Waals surface area contributed by atoms with Gasteiger partial charge in [-0.2, -0.15) is 0 Å². The third-order valence-electron chi connectivity index (χ3n) is 5.08. The van der Waals surface area contributed by atoms with Gasteiger partial charge in [0.25, 0.3) is 0 Å². The zero-order chi connectivity index (χ0) is 18.4. The maximum absolute atomic E-state index is 12.6. The number of piperidine rings is 1. The molecule has 0 spiro atoms. The Labute approximate surface area is 175 Å². The van der Waals surface area contributed by atoms with Crippen LogP contribution in [0.5, 0.6) is 0 Å². The first kappa shape index (κ1) is 22.0. The zero-order valence-electron chi connectivity index (χ0n) is 15.4. The summed E-state index contributed by atoms with van der Waals surface area (Å²) in [6.07, 6.45) is 5.11. The SMILES string of the molecule is Cl.O=C(NCC1CCCCN1)[C@@H]1CCCN1C(=O)NCc1cccc(Br)c1. The molecule has 27 heavy (non-hydrogen) atoms. The van der Waals surface area contributed by atoms with Gasteiger partial charge in [0.1, 0.15) is 6.04 Å². The number of carbonyl (C=O) groups is 2. The van der Waals surface area contributed by atoms with Crippen LogP contribution < -0.4 is 16.0 Å². The highest BCUT2D eigenvalue weighted by Gasteiger charge is 2.34. The van der Waals surface area contributed by atoms with E-state index < -0.39 is 0 Å². The van der Waals surface area contributed by atoms with Crippen molar-refractivity contribution in [3.8, 4) is 0 Å². The standard InChI is InChI=1S/C19H27BrN4O2.ClH/c20-15-6-3-5-14(11-15)12-23-19(26)24-10-4-8-17(24)18(25)22-13-16-7-1-2-9-21-16;/h3,5-6,11,16-17,21H,1-2,4,7-10,12-13H2,(H,22,25)(H,23,26);1H/t16?,17-;/m0./s1. The first-order chi connectivity index (χ1) is 12.6. The van der Waals surface area contributed by atoms with Gasteiger partial charge in [0.15, 0.2) is 0 Å². The third kappa shape index (κ3) is 6.36. The molecule has 1 unspecified atom stereocenters. The zero-order valence-corrected chi connectivity index (χ0v) is 17.8. The second kappa shape index (κ2) is 10.9. The number of nitrogens with zero attached hydrogens (tertiary/aromatic N) is 1. The Balaban J connectivity index is 0.00000261. The lowest BCUT2D eigenvalue weighted by molar-refractivity contribution is -0.124. The average molecular weight is 460 g/mol. The van der Waals surface area contributed by atoms with Crippen LogP contribution in [0.2, 0.25) is 0 Å². The van der Waals surface area contributed by atoms with E-state index in [0.29, 0.717) is 25.7 Å². The van der Waals surface area contributed by atoms with Gasteiger partial charge in [-0.3, -0.25) is 4.79 Å². The molecule has 3 N–H and O–H groups in total. The molecule has 2 atom stereocenters. The molecule has 0 aromatic heterocycles. The number of rotatable bonds is 5. The van der Waals surface area contributed by atoms with Gasteiger partial charge >= 0.3 is 6.03 Å². The molecule has 2 aliphatic rings. The second-order valence-corrected chi connectivity index (χ2v) is 7.95. The lowest BCUT2D eigenvalue weighted by Gasteiger charge is -2.27. The van der Waals surface area contributed by atoms with Gasteiger partial charge in [-0.25, -0.2) is 4.79 Å². The van der Waals surface area contributed by atoms with Gasteiger partial charge in [-0.1, -0.05) is 34.5 Å². The number of nitrogens with one attached hydrogen (secondary N) is 3. The topological polar surface area (TPSA) is 73.5 Å². The summed E-state index contributed by atoms with van der Waals surface area (Å²) in [5.74, 6) is -0.0347. The Morgan fingerprint density at radius 2 is 2.04 bits per heavy atom. The number of hydrogen-bond donors (Lipinski definition) is 3. The Bertz CT molecular complexity index is 640. The van der Waals surface area contributed by atoms with Crippen LogP contribution in [-0.4, -0.2) is 48.6 Å². The van der Waals surface area contributed by atoms with E-state index in [4.69, 9.17) is 0 Å². The summed E-state index contributed by atoms with van der Waals surface area (Å²) in [5, 5.41) is 9.39. The summed E-state index contributed by atoms with van der Waals surface area (Å²) in [6.45, 7) is 2.75. The molecule has 150 valence electrons. The summed E-state index contributed by atoms with van der Waals surface area (Å²) in [6, 6.07) is 7.67. The fourth-order valence-electron chi connectivity index (χ4n) is 3.65. The van der Waals surface area contributed by atoms with Crippen molar-refractivity contribution in [2.75, 3.05) is 19.6 Å². The summed E-state index contributed by atoms with van der Waals surface area (Å²) in [5.41, 5.74) is 1.02. The maximum Gasteiger partial charge on any atom is 0.318 e. The molecule has 6 nitrogen and oxygen atoms in total. The fraction of sp³-hybridized carbons (Fsp3) is 0.579. The molecule has 0 radical (unpaired) electrons. The van der Waals surface area contributed by atoms with Crippen LogP contribution in [0.25, 0.3) is 0 Å². The van der Waals surface area contributed by atoms with Crippen molar-refractivity contribution in [2.45, 2.75) is 50.7 Å². The van der Waals surface area contributed by atoms with E-state index in [1.807, 2.05) is 24.3 Å². The maximum atomic E-state index is 12.6. The molecule has 0 aliphatic carbocycles. The number of likely N-dealkylation sites (tertiary alicyclic amines) is 1. The van der Waals surface area contributed by atoms with Crippen LogP contribution in [0.15, 0.2) is 28.7 Å². The molecule has 3 amide bonds. The molecular formula is C19H28BrClN4O2. The summed E-state index contributed by atoms with van der Waals surface area (Å²) in [7, 11) is 0. The van der Waals surface area contributed by atoms with E-state index in [-0.39, 0.29) is 30.4 Å². The minimum absolute atomic E-state index is 0. The Hall–Kier alpha value is -1.31. The van der Waals surface area contributed by atoms with E-state index in [1.165, 1.54) is 12.8 Å². The summed E-state index contributed by atoms with van der Waals surface area (Å²) in [4.78, 5) is 26.8. The van der Waals surface area contributed by atoms with Gasteiger partial charge < -0.3 is 20.9 Å². The quantitative estimate of drug-likeness (QED) is 0.634. The van der Waals surface area contributed by atoms with E-state index in [2.05, 4.69) is 31.9 Å². The van der Waals surface area contributed by atoms with Gasteiger partial charge in [0.2, 0.25) is 5.91 Å². The highest BCUT2D eigenvalue weighted by molar-refractivity contribution is 9.10. The minimum atomic E-state index is -0.360. The Morgan fingerprint density at radius 1 is 1.19 bits per heavy atom. The molecule has 0 saturated carbocycles. The Morgan fingerprint density at radius 3 is 2.78 bits per heavy atom. The number of halogens is 2. The first-order valence-corrected chi connectivity index (χ1v) is 10.2. The van der Waals surface area contributed by atoms with Crippen molar-refractivity contribution in [3.63, 3.8) is 0 Å². The molecule has 2 fully saturated rings. The fourth-order valence-corrected chi connectivity index (χ4v) is 4.09. The van der Waals surface area contributed by atoms with Gasteiger partial charge in [-0.05, 0) is 49.9 Å². The van der Waals surface area contributed by atoms with Crippen molar-refractivity contribution in [3.05, 3.63) is 34.3 Å². The van der Waals surface area contributed by atoms with Crippen molar-refractivity contribution in [1.29, 1.82) is 0 Å². The lowest BCUT2D eigenvalue weighted by Crippen LogP contribution is -2.52. The number of carbonyl (C=O) groups excluding carboxylic acids is 2. The molecule has 1 aromatic rings. The lowest BCUT2D eigenvalue weighted by atomic mass is 10.0. The molecular weight excluding hydrogens is 432 g/mol. The van der Waals surface area contributed by atoms with E-state index >= 15 is 0 Å². The normalized spacial score (nSPS) is 22.0. The van der Waals surface area contributed by atoms with Crippen LogP contribution >= 0.6 is 28.3 Å².